The summed E-state index contributed by atoms with van der Waals surface area (Å²) in [5, 5.41) is -0.157. The molecule has 1 aliphatic heterocycles. The minimum atomic E-state index is -0.795. The number of amides is 2. The first-order valence-electron chi connectivity index (χ1n) is 7.30. The lowest BCUT2D eigenvalue weighted by Crippen LogP contribution is -2.54. The second-order valence-electron chi connectivity index (χ2n) is 5.24. The fourth-order valence-corrected chi connectivity index (χ4v) is 4.09. The van der Waals surface area contributed by atoms with Crippen LogP contribution in [0.25, 0.3) is 0 Å². The SMILES string of the molecule is CCN1C(=O)SCC(c2ccccc2)(c2ccccc2)C1=O. The van der Waals surface area contributed by atoms with Crippen LogP contribution in [-0.4, -0.2) is 28.3 Å². The minimum absolute atomic E-state index is 0.129. The van der Waals surface area contributed by atoms with Crippen molar-refractivity contribution in [3.8, 4) is 0 Å². The third-order valence-electron chi connectivity index (χ3n) is 4.09. The monoisotopic (exact) mass is 311 g/mol. The molecule has 2 aromatic carbocycles. The molecule has 2 amide bonds. The molecule has 0 aliphatic carbocycles. The van der Waals surface area contributed by atoms with E-state index in [9.17, 15) is 9.59 Å². The molecule has 0 saturated carbocycles. The average molecular weight is 311 g/mol. The number of benzene rings is 2. The summed E-state index contributed by atoms with van der Waals surface area (Å²) in [5.74, 6) is 0.311. The topological polar surface area (TPSA) is 37.4 Å². The molecule has 0 unspecified atom stereocenters. The Hall–Kier alpha value is -2.07. The highest BCUT2D eigenvalue weighted by Gasteiger charge is 2.49. The summed E-state index contributed by atoms with van der Waals surface area (Å²) >= 11 is 1.22. The van der Waals surface area contributed by atoms with Gasteiger partial charge in [0.25, 0.3) is 5.24 Å². The van der Waals surface area contributed by atoms with Gasteiger partial charge in [-0.2, -0.15) is 0 Å². The van der Waals surface area contributed by atoms with E-state index in [1.54, 1.807) is 0 Å². The molecule has 0 atom stereocenters. The molecule has 3 rings (SSSR count). The van der Waals surface area contributed by atoms with E-state index < -0.39 is 5.41 Å². The summed E-state index contributed by atoms with van der Waals surface area (Å²) in [6.07, 6.45) is 0. The fraction of sp³-hybridized carbons (Fsp3) is 0.222. The highest BCUT2D eigenvalue weighted by atomic mass is 32.2. The van der Waals surface area contributed by atoms with E-state index in [-0.39, 0.29) is 11.1 Å². The molecule has 1 fully saturated rings. The van der Waals surface area contributed by atoms with Gasteiger partial charge in [0.1, 0.15) is 5.41 Å². The van der Waals surface area contributed by atoms with Gasteiger partial charge in [0.05, 0.1) is 0 Å². The van der Waals surface area contributed by atoms with Crippen molar-refractivity contribution in [2.45, 2.75) is 12.3 Å². The summed E-state index contributed by atoms with van der Waals surface area (Å²) < 4.78 is 0. The fourth-order valence-electron chi connectivity index (χ4n) is 2.92. The summed E-state index contributed by atoms with van der Waals surface area (Å²) in [6, 6.07) is 19.5. The van der Waals surface area contributed by atoms with Crippen LogP contribution in [0.5, 0.6) is 0 Å². The zero-order valence-electron chi connectivity index (χ0n) is 12.4. The van der Waals surface area contributed by atoms with Crippen LogP contribution in [0.3, 0.4) is 0 Å². The van der Waals surface area contributed by atoms with Crippen molar-refractivity contribution in [1.82, 2.24) is 4.90 Å². The van der Waals surface area contributed by atoms with Gasteiger partial charge in [0.2, 0.25) is 5.91 Å². The number of likely N-dealkylation sites (N-methyl/N-ethyl adjacent to an activating group) is 1. The van der Waals surface area contributed by atoms with Crippen molar-refractivity contribution in [2.75, 3.05) is 12.3 Å². The number of imide groups is 1. The molecule has 112 valence electrons. The Balaban J connectivity index is 2.21. The van der Waals surface area contributed by atoms with Gasteiger partial charge in [-0.05, 0) is 18.1 Å². The number of carbonyl (C=O) groups excluding carboxylic acids is 2. The third-order valence-corrected chi connectivity index (χ3v) is 5.14. The largest absolute Gasteiger partial charge is 0.288 e. The predicted octanol–water partition coefficient (Wildman–Crippen LogP) is 3.69. The molecule has 0 bridgehead atoms. The maximum Gasteiger partial charge on any atom is 0.288 e. The van der Waals surface area contributed by atoms with Crippen LogP contribution < -0.4 is 0 Å². The van der Waals surface area contributed by atoms with Crippen molar-refractivity contribution in [3.05, 3.63) is 71.8 Å². The molecule has 1 aliphatic rings. The number of carbonyl (C=O) groups is 2. The van der Waals surface area contributed by atoms with Gasteiger partial charge in [-0.25, -0.2) is 0 Å². The van der Waals surface area contributed by atoms with Gasteiger partial charge in [-0.1, -0.05) is 72.4 Å². The Labute approximate surface area is 134 Å². The second-order valence-corrected chi connectivity index (χ2v) is 6.17. The average Bonchev–Trinajstić information content (AvgIpc) is 2.57. The number of rotatable bonds is 3. The molecule has 22 heavy (non-hydrogen) atoms. The van der Waals surface area contributed by atoms with Crippen LogP contribution in [0.15, 0.2) is 60.7 Å². The summed E-state index contributed by atoms with van der Waals surface area (Å²) in [5.41, 5.74) is 1.08. The van der Waals surface area contributed by atoms with Gasteiger partial charge in [-0.3, -0.25) is 14.5 Å². The molecular formula is C18H17NO2S. The van der Waals surface area contributed by atoms with E-state index >= 15 is 0 Å². The molecule has 3 nitrogen and oxygen atoms in total. The van der Waals surface area contributed by atoms with Crippen LogP contribution in [0.4, 0.5) is 4.79 Å². The van der Waals surface area contributed by atoms with Gasteiger partial charge < -0.3 is 0 Å². The Bertz CT molecular complexity index is 645. The number of thioether (sulfide) groups is 1. The predicted molar refractivity (Wildman–Crippen MR) is 88.9 cm³/mol. The van der Waals surface area contributed by atoms with Crippen molar-refractivity contribution in [3.63, 3.8) is 0 Å². The van der Waals surface area contributed by atoms with Crippen molar-refractivity contribution in [2.24, 2.45) is 0 Å². The standard InChI is InChI=1S/C18H17NO2S/c1-2-19-16(20)18(13-22-17(19)21,14-9-5-3-6-10-14)15-11-7-4-8-12-15/h3-12H,2,13H2,1H3. The lowest BCUT2D eigenvalue weighted by atomic mass is 9.74. The lowest BCUT2D eigenvalue weighted by Gasteiger charge is -2.40. The van der Waals surface area contributed by atoms with Gasteiger partial charge in [-0.15, -0.1) is 0 Å². The van der Waals surface area contributed by atoms with Crippen LogP contribution >= 0.6 is 11.8 Å². The summed E-state index contributed by atoms with van der Waals surface area (Å²) in [4.78, 5) is 26.6. The molecule has 2 aromatic rings. The normalized spacial score (nSPS) is 17.6. The van der Waals surface area contributed by atoms with E-state index in [1.807, 2.05) is 67.6 Å². The first kappa shape index (κ1) is 14.9. The summed E-state index contributed by atoms with van der Waals surface area (Å²) in [6.45, 7) is 2.23. The summed E-state index contributed by atoms with van der Waals surface area (Å²) in [7, 11) is 0. The molecule has 1 heterocycles. The Kier molecular flexibility index (Phi) is 4.03. The Morgan fingerprint density at radius 3 is 1.91 bits per heavy atom. The van der Waals surface area contributed by atoms with Gasteiger partial charge in [0, 0.05) is 12.3 Å². The molecule has 1 saturated heterocycles. The quantitative estimate of drug-likeness (QED) is 0.867. The van der Waals surface area contributed by atoms with Gasteiger partial charge in [0.15, 0.2) is 0 Å². The molecule has 0 aromatic heterocycles. The molecule has 0 N–H and O–H groups in total. The molecular weight excluding hydrogens is 294 g/mol. The van der Waals surface area contributed by atoms with E-state index in [1.165, 1.54) is 16.7 Å². The Morgan fingerprint density at radius 1 is 0.955 bits per heavy atom. The highest BCUT2D eigenvalue weighted by Crippen LogP contribution is 2.41. The number of hydrogen-bond donors (Lipinski definition) is 0. The number of nitrogens with zero attached hydrogens (tertiary/aromatic N) is 1. The second kappa shape index (κ2) is 5.97. The van der Waals surface area contributed by atoms with Crippen LogP contribution in [-0.2, 0) is 10.2 Å². The number of hydrogen-bond acceptors (Lipinski definition) is 3. The van der Waals surface area contributed by atoms with E-state index in [0.717, 1.165) is 11.1 Å². The first-order chi connectivity index (χ1) is 10.7. The van der Waals surface area contributed by atoms with E-state index in [0.29, 0.717) is 12.3 Å². The van der Waals surface area contributed by atoms with E-state index in [4.69, 9.17) is 0 Å². The van der Waals surface area contributed by atoms with Crippen LogP contribution in [0.2, 0.25) is 0 Å². The lowest BCUT2D eigenvalue weighted by molar-refractivity contribution is -0.131. The van der Waals surface area contributed by atoms with Crippen LogP contribution in [0, 0.1) is 0 Å². The van der Waals surface area contributed by atoms with Crippen molar-refractivity contribution < 1.29 is 9.59 Å². The van der Waals surface area contributed by atoms with Gasteiger partial charge >= 0.3 is 0 Å². The molecule has 4 heteroatoms. The third kappa shape index (κ3) is 2.24. The zero-order valence-corrected chi connectivity index (χ0v) is 13.2. The Morgan fingerprint density at radius 2 is 1.45 bits per heavy atom. The van der Waals surface area contributed by atoms with Crippen molar-refractivity contribution >= 4 is 22.9 Å². The smallest absolute Gasteiger partial charge is 0.273 e. The highest BCUT2D eigenvalue weighted by molar-refractivity contribution is 8.13. The van der Waals surface area contributed by atoms with Crippen LogP contribution in [0.1, 0.15) is 18.1 Å². The maximum absolute atomic E-state index is 13.2. The first-order valence-corrected chi connectivity index (χ1v) is 8.28. The molecule has 0 radical (unpaired) electrons. The minimum Gasteiger partial charge on any atom is -0.273 e. The van der Waals surface area contributed by atoms with Crippen molar-refractivity contribution in [1.29, 1.82) is 0 Å². The zero-order chi connectivity index (χ0) is 15.6. The molecule has 0 spiro atoms. The van der Waals surface area contributed by atoms with E-state index in [2.05, 4.69) is 0 Å². The maximum atomic E-state index is 13.2.